The van der Waals surface area contributed by atoms with Gasteiger partial charge in [0, 0.05) is 11.9 Å². The van der Waals surface area contributed by atoms with Crippen molar-refractivity contribution in [2.75, 3.05) is 4.90 Å². The van der Waals surface area contributed by atoms with Crippen molar-refractivity contribution in [2.24, 2.45) is 0 Å². The van der Waals surface area contributed by atoms with Crippen molar-refractivity contribution < 1.29 is 23.8 Å². The Hall–Kier alpha value is -5.33. The van der Waals surface area contributed by atoms with E-state index in [1.165, 1.54) is 22.7 Å². The molecule has 0 saturated carbocycles. The standard InChI is InChI=1S/C35H26FN5O4S2/c1-21-29(40-17-8-7-16-27(40)37-21)31(42)28-30(23-13-9-14-25(18-23)45-19-22-10-3-2-4-11-22)41(33(44)32(28)43)34-38-39-35(47-34)46-20-24-12-5-6-15-26(24)36/h2-18,30,42H,19-20H2,1H3/b31-28+. The molecule has 4 heterocycles. The zero-order chi connectivity index (χ0) is 32.5. The van der Waals surface area contributed by atoms with Crippen molar-refractivity contribution in [1.29, 1.82) is 0 Å². The van der Waals surface area contributed by atoms with Gasteiger partial charge in [0.15, 0.2) is 10.1 Å². The number of nitrogens with zero attached hydrogens (tertiary/aromatic N) is 5. The first-order valence-electron chi connectivity index (χ1n) is 14.6. The van der Waals surface area contributed by atoms with Gasteiger partial charge in [-0.3, -0.25) is 18.9 Å². The summed E-state index contributed by atoms with van der Waals surface area (Å²) < 4.78 is 22.5. The topological polar surface area (TPSA) is 110 Å². The number of ketones is 1. The first-order chi connectivity index (χ1) is 22.9. The molecule has 1 amide bonds. The van der Waals surface area contributed by atoms with Crippen molar-refractivity contribution in [1.82, 2.24) is 19.6 Å². The zero-order valence-electron chi connectivity index (χ0n) is 24.9. The van der Waals surface area contributed by atoms with Crippen LogP contribution in [-0.4, -0.2) is 36.4 Å². The molecule has 0 aliphatic carbocycles. The average molecular weight is 664 g/mol. The number of fused-ring (bicyclic) bond motifs is 1. The van der Waals surface area contributed by atoms with E-state index in [4.69, 9.17) is 4.74 Å². The van der Waals surface area contributed by atoms with Crippen molar-refractivity contribution in [3.05, 3.63) is 143 Å². The molecular weight excluding hydrogens is 638 g/mol. The minimum absolute atomic E-state index is 0.111. The summed E-state index contributed by atoms with van der Waals surface area (Å²) in [6.45, 7) is 2.04. The summed E-state index contributed by atoms with van der Waals surface area (Å²) in [5.41, 5.74) is 3.26. The Morgan fingerprint density at radius 1 is 0.979 bits per heavy atom. The summed E-state index contributed by atoms with van der Waals surface area (Å²) in [6.07, 6.45) is 1.73. The van der Waals surface area contributed by atoms with Crippen LogP contribution in [0.3, 0.4) is 0 Å². The Balaban J connectivity index is 1.30. The lowest BCUT2D eigenvalue weighted by Gasteiger charge is -2.23. The van der Waals surface area contributed by atoms with Crippen LogP contribution in [-0.2, 0) is 21.9 Å². The number of carbonyl (C=O) groups is 2. The molecule has 3 aromatic carbocycles. The van der Waals surface area contributed by atoms with E-state index in [-0.39, 0.29) is 22.3 Å². The van der Waals surface area contributed by atoms with E-state index in [1.807, 2.05) is 36.4 Å². The Morgan fingerprint density at radius 3 is 2.60 bits per heavy atom. The number of aryl methyl sites for hydroxylation is 1. The lowest BCUT2D eigenvalue weighted by atomic mass is 9.96. The molecule has 7 rings (SSSR count). The number of pyridine rings is 1. The number of halogens is 1. The minimum atomic E-state index is -1.05. The van der Waals surface area contributed by atoms with Gasteiger partial charge in [0.05, 0.1) is 17.3 Å². The molecule has 1 atom stereocenters. The van der Waals surface area contributed by atoms with E-state index in [2.05, 4.69) is 15.2 Å². The van der Waals surface area contributed by atoms with Gasteiger partial charge < -0.3 is 9.84 Å². The molecule has 1 aliphatic rings. The zero-order valence-corrected chi connectivity index (χ0v) is 26.5. The summed E-state index contributed by atoms with van der Waals surface area (Å²) in [4.78, 5) is 33.5. The molecule has 1 fully saturated rings. The van der Waals surface area contributed by atoms with Crippen LogP contribution in [0.2, 0.25) is 0 Å². The molecule has 47 heavy (non-hydrogen) atoms. The third-order valence-corrected chi connectivity index (χ3v) is 9.81. The number of hydrogen-bond acceptors (Lipinski definition) is 9. The van der Waals surface area contributed by atoms with Gasteiger partial charge in [-0.05, 0) is 53.9 Å². The summed E-state index contributed by atoms with van der Waals surface area (Å²) >= 11 is 2.38. The maximum Gasteiger partial charge on any atom is 0.301 e. The van der Waals surface area contributed by atoms with Gasteiger partial charge in [0.1, 0.15) is 29.5 Å². The molecule has 3 aromatic heterocycles. The average Bonchev–Trinajstić information content (AvgIpc) is 3.77. The monoisotopic (exact) mass is 663 g/mol. The smallest absolute Gasteiger partial charge is 0.301 e. The van der Waals surface area contributed by atoms with Crippen LogP contribution in [0.4, 0.5) is 9.52 Å². The number of ether oxygens (including phenoxy) is 1. The molecule has 1 unspecified atom stereocenters. The van der Waals surface area contributed by atoms with E-state index in [0.29, 0.717) is 50.6 Å². The highest BCUT2D eigenvalue weighted by Gasteiger charge is 2.49. The number of benzene rings is 3. The van der Waals surface area contributed by atoms with E-state index >= 15 is 0 Å². The number of hydrogen-bond donors (Lipinski definition) is 1. The van der Waals surface area contributed by atoms with Gasteiger partial charge in [-0.1, -0.05) is 89.8 Å². The summed E-state index contributed by atoms with van der Waals surface area (Å²) in [6, 6.07) is 27.6. The number of thioether (sulfide) groups is 1. The van der Waals surface area contributed by atoms with E-state index < -0.39 is 17.7 Å². The van der Waals surface area contributed by atoms with Crippen molar-refractivity contribution in [2.45, 2.75) is 29.7 Å². The van der Waals surface area contributed by atoms with Crippen LogP contribution in [0, 0.1) is 12.7 Å². The van der Waals surface area contributed by atoms with E-state index in [1.54, 1.807) is 72.1 Å². The fourth-order valence-electron chi connectivity index (χ4n) is 5.50. The molecule has 12 heteroatoms. The second-order valence-electron chi connectivity index (χ2n) is 10.7. The highest BCUT2D eigenvalue weighted by atomic mass is 32.2. The predicted octanol–water partition coefficient (Wildman–Crippen LogP) is 7.13. The van der Waals surface area contributed by atoms with Crippen molar-refractivity contribution in [3.63, 3.8) is 0 Å². The fraction of sp³-hybridized carbons (Fsp3) is 0.114. The maximum absolute atomic E-state index is 14.2. The Labute approximate surface area is 277 Å². The van der Waals surface area contributed by atoms with Crippen LogP contribution >= 0.6 is 23.1 Å². The van der Waals surface area contributed by atoms with Crippen LogP contribution in [0.15, 0.2) is 113 Å². The van der Waals surface area contributed by atoms with E-state index in [9.17, 15) is 19.1 Å². The van der Waals surface area contributed by atoms with Crippen molar-refractivity contribution >= 4 is 51.3 Å². The SMILES string of the molecule is Cc1nc2ccccn2c1/C(O)=C1\C(=O)C(=O)N(c2nnc(SCc3ccccc3F)s2)C1c1cccc(OCc2ccccc2)c1. The van der Waals surface area contributed by atoms with Crippen LogP contribution < -0.4 is 9.64 Å². The lowest BCUT2D eigenvalue weighted by Crippen LogP contribution is -2.29. The number of rotatable bonds is 9. The number of aromatic nitrogens is 4. The molecule has 1 aliphatic heterocycles. The summed E-state index contributed by atoms with van der Waals surface area (Å²) in [5.74, 6) is -1.60. The summed E-state index contributed by atoms with van der Waals surface area (Å²) in [7, 11) is 0. The normalized spacial score (nSPS) is 15.9. The lowest BCUT2D eigenvalue weighted by molar-refractivity contribution is -0.132. The Kier molecular flexibility index (Phi) is 8.27. The predicted molar refractivity (Wildman–Crippen MR) is 178 cm³/mol. The number of Topliss-reactive ketones (excluding diaryl/α,β-unsaturated/α-hetero) is 1. The maximum atomic E-state index is 14.2. The Morgan fingerprint density at radius 2 is 1.77 bits per heavy atom. The van der Waals surface area contributed by atoms with Gasteiger partial charge in [-0.25, -0.2) is 9.37 Å². The van der Waals surface area contributed by atoms with E-state index in [0.717, 1.165) is 16.9 Å². The number of carbonyl (C=O) groups excluding carboxylic acids is 2. The third-order valence-electron chi connectivity index (χ3n) is 7.71. The largest absolute Gasteiger partial charge is 0.505 e. The molecule has 9 nitrogen and oxygen atoms in total. The molecule has 234 valence electrons. The second kappa shape index (κ2) is 12.8. The third kappa shape index (κ3) is 5.88. The molecule has 0 radical (unpaired) electrons. The number of amides is 1. The van der Waals surface area contributed by atoms with Crippen LogP contribution in [0.25, 0.3) is 11.4 Å². The quantitative estimate of drug-likeness (QED) is 0.0572. The molecule has 6 aromatic rings. The molecule has 0 spiro atoms. The molecular formula is C35H26FN5O4S2. The second-order valence-corrected chi connectivity index (χ2v) is 12.9. The first kappa shape index (κ1) is 30.3. The molecule has 0 bridgehead atoms. The minimum Gasteiger partial charge on any atom is -0.505 e. The number of imidazole rings is 1. The Bertz CT molecular complexity index is 2160. The van der Waals surface area contributed by atoms with Gasteiger partial charge >= 0.3 is 5.91 Å². The van der Waals surface area contributed by atoms with Gasteiger partial charge in [0.2, 0.25) is 5.13 Å². The van der Waals surface area contributed by atoms with Crippen LogP contribution in [0.5, 0.6) is 5.75 Å². The van der Waals surface area contributed by atoms with Crippen LogP contribution in [0.1, 0.15) is 34.1 Å². The highest BCUT2D eigenvalue weighted by molar-refractivity contribution is 8.00. The fourth-order valence-corrected chi connectivity index (χ4v) is 7.35. The van der Waals surface area contributed by atoms with Crippen molar-refractivity contribution in [3.8, 4) is 5.75 Å². The number of anilines is 1. The first-order valence-corrected chi connectivity index (χ1v) is 16.4. The van der Waals surface area contributed by atoms with Gasteiger partial charge in [0.25, 0.3) is 5.78 Å². The van der Waals surface area contributed by atoms with Gasteiger partial charge in [-0.2, -0.15) is 0 Å². The molecule has 1 saturated heterocycles. The summed E-state index contributed by atoms with van der Waals surface area (Å²) in [5, 5.41) is 20.5. The number of aliphatic hydroxyl groups excluding tert-OH is 1. The molecule has 1 N–H and O–H groups in total. The highest BCUT2D eigenvalue weighted by Crippen LogP contribution is 2.45. The van der Waals surface area contributed by atoms with Gasteiger partial charge in [-0.15, -0.1) is 10.2 Å². The number of aliphatic hydroxyl groups is 1.